The molecule has 1 saturated heterocycles. The topological polar surface area (TPSA) is 40.6 Å². The van der Waals surface area contributed by atoms with Crippen molar-refractivity contribution in [1.29, 1.82) is 0 Å². The summed E-state index contributed by atoms with van der Waals surface area (Å²) in [5.74, 6) is -0.222. The molecule has 0 saturated carbocycles. The fourth-order valence-corrected chi connectivity index (χ4v) is 1.69. The quantitative estimate of drug-likeness (QED) is 0.448. The smallest absolute Gasteiger partial charge is 0.243 e. The zero-order valence-electron chi connectivity index (χ0n) is 7.40. The molecule has 12 heavy (non-hydrogen) atoms. The van der Waals surface area contributed by atoms with Crippen molar-refractivity contribution < 1.29 is 9.59 Å². The second kappa shape index (κ2) is 3.35. The Morgan fingerprint density at radius 2 is 1.92 bits per heavy atom. The standard InChI is InChI=1S/C7H12N2O2S/c1-5(2)9-7(11)4-6(10)8(3)12-9/h5H,4H2,1-3H3. The molecule has 4 nitrogen and oxygen atoms in total. The van der Waals surface area contributed by atoms with Crippen LogP contribution in [0.4, 0.5) is 0 Å². The molecule has 1 aliphatic rings. The highest BCUT2D eigenvalue weighted by Crippen LogP contribution is 2.24. The molecule has 1 heterocycles. The molecule has 68 valence electrons. The summed E-state index contributed by atoms with van der Waals surface area (Å²) >= 11 is 1.18. The van der Waals surface area contributed by atoms with Gasteiger partial charge in [-0.2, -0.15) is 0 Å². The zero-order chi connectivity index (χ0) is 9.30. The highest BCUT2D eigenvalue weighted by atomic mass is 32.2. The van der Waals surface area contributed by atoms with Gasteiger partial charge in [-0.3, -0.25) is 18.2 Å². The van der Waals surface area contributed by atoms with Crippen LogP contribution in [-0.2, 0) is 9.59 Å². The van der Waals surface area contributed by atoms with Gasteiger partial charge in [-0.1, -0.05) is 0 Å². The number of amides is 2. The van der Waals surface area contributed by atoms with E-state index in [9.17, 15) is 9.59 Å². The van der Waals surface area contributed by atoms with E-state index >= 15 is 0 Å². The van der Waals surface area contributed by atoms with Gasteiger partial charge in [-0.25, -0.2) is 0 Å². The fourth-order valence-electron chi connectivity index (χ4n) is 0.924. The SMILES string of the molecule is CC(C)N1SN(C)C(=O)CC1=O. The molecule has 0 aromatic heterocycles. The number of hydrogen-bond donors (Lipinski definition) is 0. The lowest BCUT2D eigenvalue weighted by Crippen LogP contribution is -2.42. The molecule has 0 radical (unpaired) electrons. The van der Waals surface area contributed by atoms with Gasteiger partial charge in [0.25, 0.3) is 0 Å². The molecule has 1 fully saturated rings. The van der Waals surface area contributed by atoms with Gasteiger partial charge in [0.1, 0.15) is 6.42 Å². The third kappa shape index (κ3) is 1.72. The highest BCUT2D eigenvalue weighted by molar-refractivity contribution is 7.95. The lowest BCUT2D eigenvalue weighted by Gasteiger charge is -2.33. The number of rotatable bonds is 1. The maximum Gasteiger partial charge on any atom is 0.243 e. The molecule has 0 unspecified atom stereocenters. The molecular formula is C7H12N2O2S. The van der Waals surface area contributed by atoms with Crippen molar-refractivity contribution in [3.05, 3.63) is 0 Å². The third-order valence-electron chi connectivity index (χ3n) is 1.58. The van der Waals surface area contributed by atoms with E-state index in [-0.39, 0.29) is 24.3 Å². The molecule has 2 amide bonds. The zero-order valence-corrected chi connectivity index (χ0v) is 8.22. The largest absolute Gasteiger partial charge is 0.273 e. The van der Waals surface area contributed by atoms with E-state index in [1.165, 1.54) is 16.4 Å². The minimum absolute atomic E-state index is 0.00167. The molecule has 0 aliphatic carbocycles. The van der Waals surface area contributed by atoms with Crippen LogP contribution in [0.1, 0.15) is 20.3 Å². The maximum absolute atomic E-state index is 11.2. The van der Waals surface area contributed by atoms with Crippen molar-refractivity contribution in [3.63, 3.8) is 0 Å². The van der Waals surface area contributed by atoms with Gasteiger partial charge >= 0.3 is 0 Å². The summed E-state index contributed by atoms with van der Waals surface area (Å²) in [5.41, 5.74) is 0. The van der Waals surface area contributed by atoms with Crippen molar-refractivity contribution in [2.75, 3.05) is 7.05 Å². The predicted molar refractivity (Wildman–Crippen MR) is 47.0 cm³/mol. The number of carbonyl (C=O) groups excluding carboxylic acids is 2. The number of carbonyl (C=O) groups is 2. The van der Waals surface area contributed by atoms with Crippen LogP contribution in [0, 0.1) is 0 Å². The Morgan fingerprint density at radius 1 is 1.33 bits per heavy atom. The first kappa shape index (κ1) is 9.38. The predicted octanol–water partition coefficient (Wildman–Crippen LogP) is 0.649. The Morgan fingerprint density at radius 3 is 2.42 bits per heavy atom. The summed E-state index contributed by atoms with van der Waals surface area (Å²) in [5, 5.41) is 0. The van der Waals surface area contributed by atoms with Crippen LogP contribution < -0.4 is 0 Å². The van der Waals surface area contributed by atoms with Gasteiger partial charge in [0, 0.05) is 13.1 Å². The van der Waals surface area contributed by atoms with Crippen LogP contribution in [-0.4, -0.2) is 33.5 Å². The molecule has 0 bridgehead atoms. The molecule has 0 aromatic rings. The average molecular weight is 188 g/mol. The summed E-state index contributed by atoms with van der Waals surface area (Å²) in [6.07, 6.45) is 0.00167. The Hall–Kier alpha value is -0.710. The summed E-state index contributed by atoms with van der Waals surface area (Å²) in [4.78, 5) is 22.3. The Labute approximate surface area is 76.2 Å². The van der Waals surface area contributed by atoms with E-state index in [2.05, 4.69) is 0 Å². The molecule has 0 atom stereocenters. The van der Waals surface area contributed by atoms with Crippen LogP contribution in [0.2, 0.25) is 0 Å². The minimum atomic E-state index is -0.123. The van der Waals surface area contributed by atoms with Gasteiger partial charge < -0.3 is 0 Å². The lowest BCUT2D eigenvalue weighted by atomic mass is 10.3. The normalized spacial score (nSPS) is 19.3. The molecule has 0 aromatic carbocycles. The number of nitrogens with zero attached hydrogens (tertiary/aromatic N) is 2. The molecule has 1 rings (SSSR count). The van der Waals surface area contributed by atoms with Gasteiger partial charge in [0.2, 0.25) is 11.8 Å². The van der Waals surface area contributed by atoms with Crippen molar-refractivity contribution in [3.8, 4) is 0 Å². The second-order valence-corrected chi connectivity index (χ2v) is 4.07. The number of hydrogen-bond acceptors (Lipinski definition) is 3. The van der Waals surface area contributed by atoms with E-state index in [4.69, 9.17) is 0 Å². The Balaban J connectivity index is 2.68. The van der Waals surface area contributed by atoms with Gasteiger partial charge in [0.05, 0.1) is 12.1 Å². The van der Waals surface area contributed by atoms with Crippen molar-refractivity contribution in [1.82, 2.24) is 8.61 Å². The van der Waals surface area contributed by atoms with E-state index < -0.39 is 0 Å². The van der Waals surface area contributed by atoms with Crippen LogP contribution in [0.3, 0.4) is 0 Å². The first-order chi connectivity index (χ1) is 5.52. The van der Waals surface area contributed by atoms with Crippen LogP contribution >= 0.6 is 12.1 Å². The van der Waals surface area contributed by atoms with Gasteiger partial charge in [0.15, 0.2) is 0 Å². The van der Waals surface area contributed by atoms with Crippen LogP contribution in [0.25, 0.3) is 0 Å². The van der Waals surface area contributed by atoms with Crippen LogP contribution in [0.15, 0.2) is 0 Å². The van der Waals surface area contributed by atoms with E-state index in [0.717, 1.165) is 0 Å². The van der Waals surface area contributed by atoms with Crippen molar-refractivity contribution in [2.45, 2.75) is 26.3 Å². The van der Waals surface area contributed by atoms with Crippen LogP contribution in [0.5, 0.6) is 0 Å². The summed E-state index contributed by atoms with van der Waals surface area (Å²) in [7, 11) is 1.68. The first-order valence-electron chi connectivity index (χ1n) is 3.79. The van der Waals surface area contributed by atoms with Gasteiger partial charge in [-0.15, -0.1) is 0 Å². The van der Waals surface area contributed by atoms with E-state index in [1.807, 2.05) is 13.8 Å². The summed E-state index contributed by atoms with van der Waals surface area (Å²) < 4.78 is 3.10. The van der Waals surface area contributed by atoms with Crippen molar-refractivity contribution in [2.24, 2.45) is 0 Å². The second-order valence-electron chi connectivity index (χ2n) is 2.96. The molecule has 0 N–H and O–H groups in total. The third-order valence-corrected chi connectivity index (χ3v) is 2.83. The average Bonchev–Trinajstić information content (AvgIpc) is 1.96. The molecular weight excluding hydrogens is 176 g/mol. The lowest BCUT2D eigenvalue weighted by molar-refractivity contribution is -0.137. The van der Waals surface area contributed by atoms with Gasteiger partial charge in [-0.05, 0) is 13.8 Å². The maximum atomic E-state index is 11.2. The van der Waals surface area contributed by atoms with E-state index in [1.54, 1.807) is 11.4 Å². The molecule has 1 aliphatic heterocycles. The van der Waals surface area contributed by atoms with Crippen molar-refractivity contribution >= 4 is 23.9 Å². The summed E-state index contributed by atoms with van der Waals surface area (Å²) in [6, 6.07) is 0.137. The Bertz CT molecular complexity index is 217. The fraction of sp³-hybridized carbons (Fsp3) is 0.714. The monoisotopic (exact) mass is 188 g/mol. The summed E-state index contributed by atoms with van der Waals surface area (Å²) in [6.45, 7) is 3.85. The minimum Gasteiger partial charge on any atom is -0.273 e. The Kier molecular flexibility index (Phi) is 2.62. The van der Waals surface area contributed by atoms with E-state index in [0.29, 0.717) is 0 Å². The first-order valence-corrected chi connectivity index (χ1v) is 4.52. The highest BCUT2D eigenvalue weighted by Gasteiger charge is 2.30. The molecule has 5 heteroatoms. The molecule has 0 spiro atoms.